The Morgan fingerprint density at radius 1 is 1.00 bits per heavy atom. The van der Waals surface area contributed by atoms with Gasteiger partial charge in [0.1, 0.15) is 5.01 Å². The van der Waals surface area contributed by atoms with Crippen LogP contribution in [0.4, 0.5) is 0 Å². The molecule has 0 amide bonds. The number of thioether (sulfide) groups is 1. The molecule has 0 bridgehead atoms. The van der Waals surface area contributed by atoms with Gasteiger partial charge in [-0.3, -0.25) is 0 Å². The van der Waals surface area contributed by atoms with Crippen LogP contribution in [0.3, 0.4) is 0 Å². The summed E-state index contributed by atoms with van der Waals surface area (Å²) in [5, 5.41) is 11.9. The maximum Gasteiger partial charge on any atom is 0.277 e. The molecule has 6 nitrogen and oxygen atoms in total. The van der Waals surface area contributed by atoms with Crippen molar-refractivity contribution in [2.24, 2.45) is 0 Å². The second kappa shape index (κ2) is 7.88. The lowest BCUT2D eigenvalue weighted by molar-refractivity contribution is 0.174. The summed E-state index contributed by atoms with van der Waals surface area (Å²) in [4.78, 5) is 4.73. The Hall–Kier alpha value is -2.84. The number of benzene rings is 2. The highest BCUT2D eigenvalue weighted by molar-refractivity contribution is 7.98. The fourth-order valence-electron chi connectivity index (χ4n) is 2.94. The number of ether oxygens (including phenoxy) is 2. The van der Waals surface area contributed by atoms with Crippen molar-refractivity contribution >= 4 is 23.1 Å². The molecule has 2 aromatic carbocycles. The molecule has 0 N–H and O–H groups in total. The van der Waals surface area contributed by atoms with Crippen LogP contribution in [-0.4, -0.2) is 22.0 Å². The topological polar surface area (TPSA) is 70.3 Å². The standard InChI is InChI=1S/C21H17N3O3S2/c1-2-13-3-5-14(6-4-13)20-22-16(10-28-20)11-29-21-24-23-19(27-21)15-7-8-17-18(9-15)26-12-25-17/h3-10H,2,11-12H2,1H3. The summed E-state index contributed by atoms with van der Waals surface area (Å²) < 4.78 is 16.5. The maximum atomic E-state index is 5.79. The molecule has 0 fully saturated rings. The first-order chi connectivity index (χ1) is 14.3. The third kappa shape index (κ3) is 3.86. The van der Waals surface area contributed by atoms with E-state index in [1.54, 1.807) is 11.3 Å². The van der Waals surface area contributed by atoms with Crippen molar-refractivity contribution in [2.45, 2.75) is 24.3 Å². The molecular formula is C21H17N3O3S2. The van der Waals surface area contributed by atoms with E-state index in [9.17, 15) is 0 Å². The largest absolute Gasteiger partial charge is 0.454 e. The highest BCUT2D eigenvalue weighted by Gasteiger charge is 2.17. The predicted molar refractivity (Wildman–Crippen MR) is 112 cm³/mol. The van der Waals surface area contributed by atoms with E-state index in [2.05, 4.69) is 46.8 Å². The van der Waals surface area contributed by atoms with Gasteiger partial charge in [0.25, 0.3) is 5.22 Å². The smallest absolute Gasteiger partial charge is 0.277 e. The molecule has 2 aromatic heterocycles. The summed E-state index contributed by atoms with van der Waals surface area (Å²) in [6.07, 6.45) is 1.04. The fraction of sp³-hybridized carbons (Fsp3) is 0.190. The second-order valence-corrected chi connectivity index (χ2v) is 8.21. The number of hydrogen-bond acceptors (Lipinski definition) is 8. The Kier molecular flexibility index (Phi) is 4.95. The summed E-state index contributed by atoms with van der Waals surface area (Å²) in [7, 11) is 0. The van der Waals surface area contributed by atoms with E-state index in [0.717, 1.165) is 34.0 Å². The van der Waals surface area contributed by atoms with E-state index in [0.29, 0.717) is 22.6 Å². The summed E-state index contributed by atoms with van der Waals surface area (Å²) >= 11 is 3.12. The molecule has 0 saturated carbocycles. The fourth-order valence-corrected chi connectivity index (χ4v) is 4.53. The summed E-state index contributed by atoms with van der Waals surface area (Å²) in [6, 6.07) is 14.1. The van der Waals surface area contributed by atoms with Crippen LogP contribution in [0.15, 0.2) is 57.5 Å². The first-order valence-electron chi connectivity index (χ1n) is 9.18. The molecule has 0 radical (unpaired) electrons. The number of hydrogen-bond donors (Lipinski definition) is 0. The Balaban J connectivity index is 1.25. The molecule has 0 unspecified atom stereocenters. The van der Waals surface area contributed by atoms with E-state index in [-0.39, 0.29) is 6.79 Å². The average molecular weight is 424 g/mol. The monoisotopic (exact) mass is 423 g/mol. The molecule has 0 spiro atoms. The van der Waals surface area contributed by atoms with Gasteiger partial charge < -0.3 is 13.9 Å². The lowest BCUT2D eigenvalue weighted by Crippen LogP contribution is -1.92. The molecular weight excluding hydrogens is 406 g/mol. The van der Waals surface area contributed by atoms with Gasteiger partial charge in [-0.15, -0.1) is 21.5 Å². The van der Waals surface area contributed by atoms with E-state index >= 15 is 0 Å². The molecule has 0 atom stereocenters. The number of fused-ring (bicyclic) bond motifs is 1. The Morgan fingerprint density at radius 3 is 2.69 bits per heavy atom. The molecule has 5 rings (SSSR count). The summed E-state index contributed by atoms with van der Waals surface area (Å²) in [6.45, 7) is 2.39. The van der Waals surface area contributed by atoms with Crippen LogP contribution in [0.1, 0.15) is 18.2 Å². The van der Waals surface area contributed by atoms with E-state index in [4.69, 9.17) is 18.9 Å². The second-order valence-electron chi connectivity index (χ2n) is 6.42. The van der Waals surface area contributed by atoms with Crippen LogP contribution in [-0.2, 0) is 12.2 Å². The minimum Gasteiger partial charge on any atom is -0.454 e. The minimum absolute atomic E-state index is 0.238. The molecule has 1 aliphatic rings. The van der Waals surface area contributed by atoms with Gasteiger partial charge in [-0.1, -0.05) is 43.0 Å². The first-order valence-corrected chi connectivity index (χ1v) is 11.0. The molecule has 0 aliphatic carbocycles. The Bertz CT molecular complexity index is 1140. The van der Waals surface area contributed by atoms with Gasteiger partial charge in [-0.25, -0.2) is 4.98 Å². The van der Waals surface area contributed by atoms with E-state index in [1.165, 1.54) is 17.3 Å². The van der Waals surface area contributed by atoms with Crippen LogP contribution in [0.5, 0.6) is 11.5 Å². The van der Waals surface area contributed by atoms with Crippen molar-refractivity contribution in [3.8, 4) is 33.5 Å². The van der Waals surface area contributed by atoms with Gasteiger partial charge in [-0.05, 0) is 30.2 Å². The first kappa shape index (κ1) is 18.2. The zero-order valence-electron chi connectivity index (χ0n) is 15.6. The number of thiazole rings is 1. The van der Waals surface area contributed by atoms with E-state index in [1.807, 2.05) is 18.2 Å². The van der Waals surface area contributed by atoms with Gasteiger partial charge in [-0.2, -0.15) is 0 Å². The van der Waals surface area contributed by atoms with Crippen molar-refractivity contribution in [3.05, 3.63) is 59.1 Å². The quantitative estimate of drug-likeness (QED) is 0.382. The average Bonchev–Trinajstić information content (AvgIpc) is 3.52. The van der Waals surface area contributed by atoms with Crippen LogP contribution >= 0.6 is 23.1 Å². The van der Waals surface area contributed by atoms with Crippen LogP contribution in [0.25, 0.3) is 22.0 Å². The van der Waals surface area contributed by atoms with E-state index < -0.39 is 0 Å². The van der Waals surface area contributed by atoms with Crippen LogP contribution < -0.4 is 9.47 Å². The van der Waals surface area contributed by atoms with Crippen molar-refractivity contribution in [2.75, 3.05) is 6.79 Å². The number of aromatic nitrogens is 3. The third-order valence-corrected chi connectivity index (χ3v) is 6.32. The highest BCUT2D eigenvalue weighted by atomic mass is 32.2. The maximum absolute atomic E-state index is 5.79. The van der Waals surface area contributed by atoms with Crippen molar-refractivity contribution in [1.29, 1.82) is 0 Å². The SMILES string of the molecule is CCc1ccc(-c2nc(CSc3nnc(-c4ccc5c(c4)OCO5)o3)cs2)cc1. The van der Waals surface area contributed by atoms with Gasteiger partial charge in [0, 0.05) is 22.3 Å². The van der Waals surface area contributed by atoms with Crippen LogP contribution in [0.2, 0.25) is 0 Å². The molecule has 0 saturated heterocycles. The third-order valence-electron chi connectivity index (χ3n) is 4.53. The van der Waals surface area contributed by atoms with Gasteiger partial charge >= 0.3 is 0 Å². The summed E-state index contributed by atoms with van der Waals surface area (Å²) in [5.74, 6) is 2.55. The van der Waals surface area contributed by atoms with Gasteiger partial charge in [0.05, 0.1) is 5.69 Å². The van der Waals surface area contributed by atoms with Gasteiger partial charge in [0.2, 0.25) is 12.7 Å². The minimum atomic E-state index is 0.238. The normalized spacial score (nSPS) is 12.4. The van der Waals surface area contributed by atoms with Gasteiger partial charge in [0.15, 0.2) is 11.5 Å². The Labute approximate surface area is 175 Å². The van der Waals surface area contributed by atoms with Crippen molar-refractivity contribution in [3.63, 3.8) is 0 Å². The number of rotatable bonds is 6. The highest BCUT2D eigenvalue weighted by Crippen LogP contribution is 2.36. The Morgan fingerprint density at radius 2 is 1.83 bits per heavy atom. The molecule has 3 heterocycles. The zero-order chi connectivity index (χ0) is 19.6. The molecule has 8 heteroatoms. The lowest BCUT2D eigenvalue weighted by atomic mass is 10.1. The zero-order valence-corrected chi connectivity index (χ0v) is 17.3. The van der Waals surface area contributed by atoms with Crippen molar-refractivity contribution in [1.82, 2.24) is 15.2 Å². The lowest BCUT2D eigenvalue weighted by Gasteiger charge is -1.99. The number of aryl methyl sites for hydroxylation is 1. The number of nitrogens with zero attached hydrogens (tertiary/aromatic N) is 3. The molecule has 1 aliphatic heterocycles. The molecule has 29 heavy (non-hydrogen) atoms. The summed E-state index contributed by atoms with van der Waals surface area (Å²) in [5.41, 5.74) is 4.28. The van der Waals surface area contributed by atoms with Crippen molar-refractivity contribution < 1.29 is 13.9 Å². The molecule has 4 aromatic rings. The van der Waals surface area contributed by atoms with Crippen LogP contribution in [0, 0.1) is 0 Å². The predicted octanol–water partition coefficient (Wildman–Crippen LogP) is 5.44. The molecule has 146 valence electrons.